The van der Waals surface area contributed by atoms with Crippen LogP contribution in [0.15, 0.2) is 18.2 Å². The summed E-state index contributed by atoms with van der Waals surface area (Å²) in [6.45, 7) is 9.46. The molecule has 33 heavy (non-hydrogen) atoms. The fourth-order valence-corrected chi connectivity index (χ4v) is 6.36. The van der Waals surface area contributed by atoms with E-state index in [0.29, 0.717) is 60.8 Å². The second-order valence-corrected chi connectivity index (χ2v) is 11.4. The van der Waals surface area contributed by atoms with Crippen LogP contribution in [0.1, 0.15) is 45.1 Å². The molecule has 1 aromatic heterocycles. The monoisotopic (exact) mass is 514 g/mol. The van der Waals surface area contributed by atoms with E-state index in [4.69, 9.17) is 8.85 Å². The van der Waals surface area contributed by atoms with E-state index in [9.17, 15) is 18.0 Å². The second-order valence-electron chi connectivity index (χ2n) is 9.11. The molecule has 2 aromatic rings. The Morgan fingerprint density at radius 3 is 2.39 bits per heavy atom. The summed E-state index contributed by atoms with van der Waals surface area (Å²) in [5.74, 6) is 0. The lowest BCUT2D eigenvalue weighted by Gasteiger charge is -2.41. The van der Waals surface area contributed by atoms with Crippen molar-refractivity contribution < 1.29 is 26.8 Å². The lowest BCUT2D eigenvalue weighted by molar-refractivity contribution is -0.137. The van der Waals surface area contributed by atoms with Crippen molar-refractivity contribution in [3.8, 4) is 0 Å². The van der Waals surface area contributed by atoms with Crippen LogP contribution in [-0.4, -0.2) is 50.2 Å². The molecule has 4 radical (unpaired) electrons. The van der Waals surface area contributed by atoms with Gasteiger partial charge in [-0.3, -0.25) is 0 Å². The van der Waals surface area contributed by atoms with Gasteiger partial charge >= 0.3 is 6.18 Å². The van der Waals surface area contributed by atoms with Crippen LogP contribution in [0.25, 0.3) is 10.2 Å². The Hall–Kier alpha value is -1.28. The predicted molar refractivity (Wildman–Crippen MR) is 127 cm³/mol. The molecule has 3 rings (SSSR count). The molecular weight excluding hydrogens is 485 g/mol. The molecule has 0 atom stereocenters. The van der Waals surface area contributed by atoms with Crippen LogP contribution in [0.5, 0.6) is 0 Å². The lowest BCUT2D eigenvalue weighted by Crippen LogP contribution is -2.43. The Balaban J connectivity index is 1.66. The molecule has 0 amide bonds. The van der Waals surface area contributed by atoms with Gasteiger partial charge in [-0.1, -0.05) is 25.2 Å². The van der Waals surface area contributed by atoms with Crippen molar-refractivity contribution in [2.24, 2.45) is 10.8 Å². The minimum Gasteiger partial charge on any atom is -0.394 e. The number of aromatic nitrogens is 1. The molecule has 0 bridgehead atoms. The molecule has 0 aliphatic carbocycles. The van der Waals surface area contributed by atoms with Gasteiger partial charge in [-0.15, -0.1) is 0 Å². The molecule has 5 nitrogen and oxygen atoms in total. The summed E-state index contributed by atoms with van der Waals surface area (Å²) in [7, 11) is 0.663. The summed E-state index contributed by atoms with van der Waals surface area (Å²) < 4.78 is 51.2. The summed E-state index contributed by atoms with van der Waals surface area (Å²) >= 11 is 1.27. The van der Waals surface area contributed by atoms with E-state index in [1.807, 2.05) is 13.1 Å². The zero-order valence-electron chi connectivity index (χ0n) is 19.3. The molecule has 1 aliphatic rings. The molecule has 1 aromatic carbocycles. The molecule has 180 valence electrons. The first kappa shape index (κ1) is 26.3. The minimum absolute atomic E-state index is 0.220. The van der Waals surface area contributed by atoms with Gasteiger partial charge in [0, 0.05) is 23.9 Å². The summed E-state index contributed by atoms with van der Waals surface area (Å²) in [6.07, 6.45) is -0.653. The van der Waals surface area contributed by atoms with Crippen LogP contribution in [-0.2, 0) is 19.8 Å². The van der Waals surface area contributed by atoms with Gasteiger partial charge in [0.1, 0.15) is 12.6 Å². The molecule has 2 heterocycles. The van der Waals surface area contributed by atoms with Crippen LogP contribution in [0.3, 0.4) is 0 Å². The first-order valence-corrected chi connectivity index (χ1v) is 14.5. The van der Waals surface area contributed by atoms with Crippen molar-refractivity contribution in [1.82, 2.24) is 4.98 Å². The number of benzene rings is 1. The van der Waals surface area contributed by atoms with Crippen molar-refractivity contribution in [3.63, 3.8) is 0 Å². The first-order valence-electron chi connectivity index (χ1n) is 10.9. The average Bonchev–Trinajstić information content (AvgIpc) is 3.21. The smallest absolute Gasteiger partial charge is 0.394 e. The van der Waals surface area contributed by atoms with Crippen LogP contribution in [0.4, 0.5) is 18.3 Å². The van der Waals surface area contributed by atoms with E-state index in [1.54, 1.807) is 0 Å². The average molecular weight is 515 g/mol. The molecule has 11 heteroatoms. The molecule has 0 saturated carbocycles. The van der Waals surface area contributed by atoms with Gasteiger partial charge in [-0.25, -0.2) is 4.98 Å². The Kier molecular flexibility index (Phi) is 8.42. The number of halogens is 3. The Labute approximate surface area is 201 Å². The topological polar surface area (TPSA) is 51.7 Å². The number of hydrogen-bond donors (Lipinski definition) is 0. The number of nitrogens with zero attached hydrogens (tertiary/aromatic N) is 2. The van der Waals surface area contributed by atoms with Crippen molar-refractivity contribution in [2.75, 3.05) is 18.0 Å². The van der Waals surface area contributed by atoms with Crippen molar-refractivity contribution in [2.45, 2.75) is 65.1 Å². The van der Waals surface area contributed by atoms with E-state index >= 15 is 0 Å². The third kappa shape index (κ3) is 6.24. The Morgan fingerprint density at radius 1 is 1.21 bits per heavy atom. The largest absolute Gasteiger partial charge is 0.416 e. The van der Waals surface area contributed by atoms with Crippen molar-refractivity contribution in [3.05, 3.63) is 23.8 Å². The van der Waals surface area contributed by atoms with Crippen molar-refractivity contribution >= 4 is 52.5 Å². The standard InChI is InChI=1S/C22H29F3N2O3SSi2/c1-20(2,18(29-32-3)30-33-4)7-8-21(14-28)9-11-27(12-10-21)19-26-16-6-5-15(22(23,24)25)13-17(16)31-19/h5-6,13-14,18H,7-12H2,1-4H3. The maximum absolute atomic E-state index is 13.0. The third-order valence-corrected chi connectivity index (χ3v) is 8.32. The van der Waals surface area contributed by atoms with Gasteiger partial charge in [0.15, 0.2) is 5.13 Å². The zero-order valence-corrected chi connectivity index (χ0v) is 22.1. The van der Waals surface area contributed by atoms with Gasteiger partial charge in [0.05, 0.1) is 15.8 Å². The van der Waals surface area contributed by atoms with Gasteiger partial charge in [-0.2, -0.15) is 13.2 Å². The van der Waals surface area contributed by atoms with Gasteiger partial charge in [0.2, 0.25) is 19.5 Å². The van der Waals surface area contributed by atoms with Crippen molar-refractivity contribution in [1.29, 1.82) is 0 Å². The maximum Gasteiger partial charge on any atom is 0.416 e. The number of aldehydes is 1. The highest BCUT2D eigenvalue weighted by atomic mass is 32.1. The fraction of sp³-hybridized carbons (Fsp3) is 0.636. The minimum atomic E-state index is -4.37. The summed E-state index contributed by atoms with van der Waals surface area (Å²) in [4.78, 5) is 18.8. The SMILES string of the molecule is C[Si]OC(O[Si]C)C(C)(C)CCC1(C=O)CCN(c2nc3ccc(C(F)(F)F)cc3s2)CC1. The molecule has 1 fully saturated rings. The van der Waals surface area contributed by atoms with E-state index in [1.165, 1.54) is 17.4 Å². The molecule has 0 spiro atoms. The molecule has 0 N–H and O–H groups in total. The number of thiazole rings is 1. The van der Waals surface area contributed by atoms with Crippen LogP contribution >= 0.6 is 11.3 Å². The summed E-state index contributed by atoms with van der Waals surface area (Å²) in [5, 5.41) is 0.707. The highest BCUT2D eigenvalue weighted by Gasteiger charge is 2.39. The predicted octanol–water partition coefficient (Wildman–Crippen LogP) is 5.60. The zero-order chi connectivity index (χ0) is 24.3. The van der Waals surface area contributed by atoms with Crippen LogP contribution in [0, 0.1) is 10.8 Å². The molecular formula is C22H29F3N2O3SSi2. The fourth-order valence-electron chi connectivity index (χ4n) is 4.04. The number of rotatable bonds is 10. The highest BCUT2D eigenvalue weighted by molar-refractivity contribution is 7.22. The first-order chi connectivity index (χ1) is 15.5. The third-order valence-electron chi connectivity index (χ3n) is 6.34. The summed E-state index contributed by atoms with van der Waals surface area (Å²) in [6, 6.07) is 3.65. The maximum atomic E-state index is 13.0. The number of alkyl halides is 3. The van der Waals surface area contributed by atoms with E-state index in [2.05, 4.69) is 23.7 Å². The molecule has 1 saturated heterocycles. The number of hydrogen-bond acceptors (Lipinski definition) is 6. The highest BCUT2D eigenvalue weighted by Crippen LogP contribution is 2.42. The van der Waals surface area contributed by atoms with Gasteiger partial charge in [-0.05, 0) is 57.0 Å². The molecule has 0 unspecified atom stereocenters. The van der Waals surface area contributed by atoms with E-state index in [-0.39, 0.29) is 11.7 Å². The number of fused-ring (bicyclic) bond motifs is 1. The van der Waals surface area contributed by atoms with E-state index < -0.39 is 17.2 Å². The second kappa shape index (κ2) is 10.6. The van der Waals surface area contributed by atoms with Gasteiger partial charge in [0.25, 0.3) is 0 Å². The Bertz CT molecular complexity index is 941. The van der Waals surface area contributed by atoms with Crippen LogP contribution in [0.2, 0.25) is 13.1 Å². The summed E-state index contributed by atoms with van der Waals surface area (Å²) in [5.41, 5.74) is -0.731. The van der Waals surface area contributed by atoms with E-state index in [0.717, 1.165) is 31.3 Å². The normalized spacial score (nSPS) is 17.2. The lowest BCUT2D eigenvalue weighted by atomic mass is 9.72. The quantitative estimate of drug-likeness (QED) is 0.235. The number of carbonyl (C=O) groups excluding carboxylic acids is 1. The van der Waals surface area contributed by atoms with Gasteiger partial charge < -0.3 is 18.5 Å². The number of anilines is 1. The molecule has 1 aliphatic heterocycles. The number of carbonyl (C=O) groups is 1. The van der Waals surface area contributed by atoms with Crippen LogP contribution < -0.4 is 4.90 Å². The Morgan fingerprint density at radius 2 is 1.85 bits per heavy atom. The number of piperidine rings is 1.